The second kappa shape index (κ2) is 10.4. The molecule has 0 aliphatic heterocycles. The van der Waals surface area contributed by atoms with Crippen molar-refractivity contribution in [2.75, 3.05) is 13.2 Å². The average Bonchev–Trinajstić information content (AvgIpc) is 2.78. The monoisotopic (exact) mass is 484 g/mol. The minimum Gasteiger partial charge on any atom is -0.494 e. The average molecular weight is 484 g/mol. The van der Waals surface area contributed by atoms with Gasteiger partial charge in [-0.2, -0.15) is 26.3 Å². The van der Waals surface area contributed by atoms with Crippen molar-refractivity contribution in [2.45, 2.75) is 44.0 Å². The Kier molecular flexibility index (Phi) is 8.31. The van der Waals surface area contributed by atoms with Crippen LogP contribution in [0.15, 0.2) is 48.5 Å². The minimum atomic E-state index is -6.44. The van der Waals surface area contributed by atoms with E-state index in [-0.39, 0.29) is 5.56 Å². The van der Waals surface area contributed by atoms with E-state index in [2.05, 4.69) is 4.74 Å². The van der Waals surface area contributed by atoms with Gasteiger partial charge in [0.25, 0.3) is 0 Å². The number of carbonyl (C=O) groups is 1. The minimum absolute atomic E-state index is 0.335. The third-order valence-electron chi connectivity index (χ3n) is 4.61. The first-order valence-electron chi connectivity index (χ1n) is 9.75. The molecule has 0 aliphatic carbocycles. The molecule has 2 aromatic carbocycles. The van der Waals surface area contributed by atoms with Crippen LogP contribution in [0.1, 0.15) is 30.1 Å². The first kappa shape index (κ1) is 26.4. The lowest BCUT2D eigenvalue weighted by atomic mass is 10.0. The number of alkyl halides is 8. The molecule has 11 heteroatoms. The molecule has 0 heterocycles. The predicted molar refractivity (Wildman–Crippen MR) is 103 cm³/mol. The lowest BCUT2D eigenvalue weighted by Gasteiger charge is -2.31. The Morgan fingerprint density at radius 1 is 0.879 bits per heavy atom. The molecule has 182 valence electrons. The summed E-state index contributed by atoms with van der Waals surface area (Å²) in [6.07, 6.45) is -3.16. The largest absolute Gasteiger partial charge is 0.494 e. The van der Waals surface area contributed by atoms with E-state index in [1.165, 1.54) is 12.1 Å². The van der Waals surface area contributed by atoms with Crippen LogP contribution in [-0.4, -0.2) is 43.4 Å². The topological polar surface area (TPSA) is 35.5 Å². The highest BCUT2D eigenvalue weighted by molar-refractivity contribution is 5.90. The predicted octanol–water partition coefficient (Wildman–Crippen LogP) is 6.86. The van der Waals surface area contributed by atoms with E-state index in [1.54, 1.807) is 24.3 Å². The summed E-state index contributed by atoms with van der Waals surface area (Å²) in [4.78, 5) is 11.9. The molecule has 0 saturated heterocycles. The Morgan fingerprint density at radius 3 is 1.88 bits per heavy atom. The molecular formula is C22H20F8O3. The van der Waals surface area contributed by atoms with Crippen LogP contribution in [0.4, 0.5) is 35.1 Å². The van der Waals surface area contributed by atoms with Gasteiger partial charge in [-0.15, -0.1) is 0 Å². The lowest BCUT2D eigenvalue weighted by molar-refractivity contribution is -0.343. The zero-order valence-electron chi connectivity index (χ0n) is 17.3. The van der Waals surface area contributed by atoms with Crippen LogP contribution >= 0.6 is 0 Å². The lowest BCUT2D eigenvalue weighted by Crippen LogP contribution is -2.59. The summed E-state index contributed by atoms with van der Waals surface area (Å²) in [6, 6.07) is 12.1. The second-order valence-electron chi connectivity index (χ2n) is 7.08. The standard InChI is InChI=1S/C22H20F8O3/c1-2-3-12-32-17-10-8-15(9-11-17)14-4-6-16(7-5-14)18(31)33-13-20(25,26)22(29,30)21(27,28)19(23)24/h4-11,19H,2-3,12-13H2,1H3. The summed E-state index contributed by atoms with van der Waals surface area (Å²) in [5, 5.41) is 0. The third-order valence-corrected chi connectivity index (χ3v) is 4.61. The number of esters is 1. The third kappa shape index (κ3) is 5.94. The molecule has 0 radical (unpaired) electrons. The van der Waals surface area contributed by atoms with Crippen LogP contribution in [0, 0.1) is 0 Å². The van der Waals surface area contributed by atoms with Crippen LogP contribution in [0.25, 0.3) is 11.1 Å². The molecule has 0 N–H and O–H groups in total. The number of hydrogen-bond donors (Lipinski definition) is 0. The van der Waals surface area contributed by atoms with Crippen LogP contribution in [0.2, 0.25) is 0 Å². The van der Waals surface area contributed by atoms with Crippen molar-refractivity contribution >= 4 is 5.97 Å². The van der Waals surface area contributed by atoms with Gasteiger partial charge >= 0.3 is 30.2 Å². The molecule has 0 saturated carbocycles. The van der Waals surface area contributed by atoms with Crippen molar-refractivity contribution in [1.82, 2.24) is 0 Å². The van der Waals surface area contributed by atoms with Crippen LogP contribution in [-0.2, 0) is 4.74 Å². The highest BCUT2D eigenvalue weighted by Gasteiger charge is 2.75. The Hall–Kier alpha value is -2.85. The number of halogens is 8. The van der Waals surface area contributed by atoms with E-state index in [0.717, 1.165) is 30.5 Å². The van der Waals surface area contributed by atoms with Gasteiger partial charge in [0.1, 0.15) is 5.75 Å². The van der Waals surface area contributed by atoms with Gasteiger partial charge in [-0.1, -0.05) is 37.6 Å². The van der Waals surface area contributed by atoms with Crippen LogP contribution in [0.3, 0.4) is 0 Å². The summed E-state index contributed by atoms with van der Waals surface area (Å²) in [5.41, 5.74) is 0.997. The van der Waals surface area contributed by atoms with Crippen LogP contribution < -0.4 is 4.74 Å². The first-order chi connectivity index (χ1) is 15.3. The first-order valence-corrected chi connectivity index (χ1v) is 9.75. The molecular weight excluding hydrogens is 464 g/mol. The number of hydrogen-bond acceptors (Lipinski definition) is 3. The van der Waals surface area contributed by atoms with E-state index in [0.29, 0.717) is 17.9 Å². The number of carbonyl (C=O) groups excluding carboxylic acids is 1. The quantitative estimate of drug-likeness (QED) is 0.199. The summed E-state index contributed by atoms with van der Waals surface area (Å²) in [7, 11) is 0. The van der Waals surface area contributed by atoms with Gasteiger partial charge in [0, 0.05) is 0 Å². The molecule has 0 aromatic heterocycles. The molecule has 0 amide bonds. The van der Waals surface area contributed by atoms with Gasteiger partial charge in [0.2, 0.25) is 0 Å². The fourth-order valence-electron chi connectivity index (χ4n) is 2.59. The number of ether oxygens (including phenoxy) is 2. The molecule has 3 nitrogen and oxygen atoms in total. The Labute approximate surface area is 184 Å². The van der Waals surface area contributed by atoms with E-state index >= 15 is 0 Å². The fraction of sp³-hybridized carbons (Fsp3) is 0.409. The summed E-state index contributed by atoms with van der Waals surface area (Å²) in [6.45, 7) is 0.0818. The molecule has 2 aromatic rings. The SMILES string of the molecule is CCCCOc1ccc(-c2ccc(C(=O)OCC(F)(F)C(F)(F)C(F)(F)C(F)F)cc2)cc1. The van der Waals surface area contributed by atoms with E-state index in [4.69, 9.17) is 4.74 Å². The zero-order chi connectivity index (χ0) is 24.9. The molecule has 0 unspecified atom stereocenters. The van der Waals surface area contributed by atoms with Gasteiger partial charge in [-0.05, 0) is 41.8 Å². The van der Waals surface area contributed by atoms with Crippen molar-refractivity contribution < 1.29 is 49.4 Å². The normalized spacial score (nSPS) is 12.7. The van der Waals surface area contributed by atoms with Gasteiger partial charge in [0.05, 0.1) is 12.2 Å². The summed E-state index contributed by atoms with van der Waals surface area (Å²) in [5.74, 6) is -19.4. The fourth-order valence-corrected chi connectivity index (χ4v) is 2.59. The van der Waals surface area contributed by atoms with Crippen molar-refractivity contribution in [3.8, 4) is 16.9 Å². The summed E-state index contributed by atoms with van der Waals surface area (Å²) >= 11 is 0. The van der Waals surface area contributed by atoms with E-state index in [1.807, 2.05) is 6.92 Å². The zero-order valence-corrected chi connectivity index (χ0v) is 17.3. The maximum atomic E-state index is 13.5. The van der Waals surface area contributed by atoms with Crippen molar-refractivity contribution in [1.29, 1.82) is 0 Å². The van der Waals surface area contributed by atoms with Crippen molar-refractivity contribution in [3.05, 3.63) is 54.1 Å². The number of unbranched alkanes of at least 4 members (excludes halogenated alkanes) is 1. The maximum Gasteiger partial charge on any atom is 0.381 e. The molecule has 0 fully saturated rings. The van der Waals surface area contributed by atoms with Crippen LogP contribution in [0.5, 0.6) is 5.75 Å². The molecule has 2 rings (SSSR count). The van der Waals surface area contributed by atoms with Gasteiger partial charge < -0.3 is 9.47 Å². The molecule has 33 heavy (non-hydrogen) atoms. The van der Waals surface area contributed by atoms with E-state index < -0.39 is 36.8 Å². The number of rotatable bonds is 11. The van der Waals surface area contributed by atoms with Gasteiger partial charge in [0.15, 0.2) is 6.61 Å². The number of benzene rings is 2. The van der Waals surface area contributed by atoms with E-state index in [9.17, 15) is 39.9 Å². The molecule has 0 bridgehead atoms. The molecule has 0 atom stereocenters. The molecule has 0 aliphatic rings. The molecule has 0 spiro atoms. The second-order valence-corrected chi connectivity index (χ2v) is 7.08. The van der Waals surface area contributed by atoms with Gasteiger partial charge in [-0.3, -0.25) is 0 Å². The van der Waals surface area contributed by atoms with Crippen molar-refractivity contribution in [2.24, 2.45) is 0 Å². The Balaban J connectivity index is 2.03. The van der Waals surface area contributed by atoms with Crippen molar-refractivity contribution in [3.63, 3.8) is 0 Å². The highest BCUT2D eigenvalue weighted by atomic mass is 19.4. The summed E-state index contributed by atoms with van der Waals surface area (Å²) < 4.78 is 113. The highest BCUT2D eigenvalue weighted by Crippen LogP contribution is 2.48. The smallest absolute Gasteiger partial charge is 0.381 e. The Morgan fingerprint density at radius 2 is 1.39 bits per heavy atom. The Bertz CT molecular complexity index is 912. The maximum absolute atomic E-state index is 13.5. The van der Waals surface area contributed by atoms with Gasteiger partial charge in [-0.25, -0.2) is 13.6 Å².